The zero-order valence-corrected chi connectivity index (χ0v) is 11.3. The number of aromatic nitrogens is 5. The molecule has 0 fully saturated rings. The predicted molar refractivity (Wildman–Crippen MR) is 74.3 cm³/mol. The minimum atomic E-state index is -0.260. The minimum Gasteiger partial charge on any atom is -0.306 e. The number of nitrogens with one attached hydrogen (secondary N) is 2. The van der Waals surface area contributed by atoms with E-state index in [1.807, 2.05) is 13.8 Å². The molecule has 0 amide bonds. The zero-order valence-electron chi connectivity index (χ0n) is 11.3. The summed E-state index contributed by atoms with van der Waals surface area (Å²) in [4.78, 5) is 32.8. The molecule has 102 valence electrons. The number of hydrogen-bond acceptors (Lipinski definition) is 4. The Hall–Kier alpha value is -2.70. The molecule has 0 aliphatic heterocycles. The molecule has 3 aromatic rings. The Morgan fingerprint density at radius 1 is 1.05 bits per heavy atom. The SMILES string of the molecule is Cc1cc(=O)[nH]c(-n2nc(C)c3c(C)cc(=O)[nH]c32)n1. The Labute approximate surface area is 113 Å². The number of pyridine rings is 1. The molecule has 0 saturated carbocycles. The number of fused-ring (bicyclic) bond motifs is 1. The number of H-pyrrole nitrogens is 2. The van der Waals surface area contributed by atoms with Crippen LogP contribution < -0.4 is 11.1 Å². The molecule has 0 atom stereocenters. The summed E-state index contributed by atoms with van der Waals surface area (Å²) in [7, 11) is 0. The van der Waals surface area contributed by atoms with Crippen LogP contribution in [0.3, 0.4) is 0 Å². The van der Waals surface area contributed by atoms with Crippen molar-refractivity contribution in [1.82, 2.24) is 24.7 Å². The van der Waals surface area contributed by atoms with Gasteiger partial charge in [-0.2, -0.15) is 9.78 Å². The van der Waals surface area contributed by atoms with Gasteiger partial charge in [0.05, 0.1) is 5.69 Å². The molecule has 0 aliphatic carbocycles. The Kier molecular flexibility index (Phi) is 2.56. The molecule has 0 aliphatic rings. The Bertz CT molecular complexity index is 932. The van der Waals surface area contributed by atoms with Crippen molar-refractivity contribution in [2.45, 2.75) is 20.8 Å². The summed E-state index contributed by atoms with van der Waals surface area (Å²) in [6, 6.07) is 2.92. The van der Waals surface area contributed by atoms with E-state index in [2.05, 4.69) is 20.1 Å². The minimum absolute atomic E-state index is 0.217. The third kappa shape index (κ3) is 1.83. The van der Waals surface area contributed by atoms with E-state index in [9.17, 15) is 9.59 Å². The van der Waals surface area contributed by atoms with Crippen LogP contribution in [-0.4, -0.2) is 24.7 Å². The number of aryl methyl sites for hydroxylation is 3. The predicted octanol–water partition coefficient (Wildman–Crippen LogP) is 0.722. The smallest absolute Gasteiger partial charge is 0.252 e. The highest BCUT2D eigenvalue weighted by atomic mass is 16.1. The first-order valence-electron chi connectivity index (χ1n) is 6.13. The second-order valence-corrected chi connectivity index (χ2v) is 4.75. The molecule has 0 spiro atoms. The van der Waals surface area contributed by atoms with Crippen LogP contribution in [0.2, 0.25) is 0 Å². The largest absolute Gasteiger partial charge is 0.306 e. The molecule has 0 radical (unpaired) electrons. The Balaban J connectivity index is 2.43. The first kappa shape index (κ1) is 12.3. The molecule has 3 heterocycles. The number of nitrogens with zero attached hydrogens (tertiary/aromatic N) is 3. The second kappa shape index (κ2) is 4.16. The van der Waals surface area contributed by atoms with Gasteiger partial charge in [0, 0.05) is 23.2 Å². The maximum absolute atomic E-state index is 11.6. The summed E-state index contributed by atoms with van der Waals surface area (Å²) in [5, 5.41) is 5.21. The van der Waals surface area contributed by atoms with E-state index in [-0.39, 0.29) is 17.1 Å². The van der Waals surface area contributed by atoms with Crippen LogP contribution in [0.5, 0.6) is 0 Å². The van der Waals surface area contributed by atoms with Crippen molar-refractivity contribution in [3.8, 4) is 5.95 Å². The summed E-state index contributed by atoms with van der Waals surface area (Å²) in [5.74, 6) is 0.286. The number of hydrogen-bond donors (Lipinski definition) is 2. The molecule has 0 unspecified atom stereocenters. The lowest BCUT2D eigenvalue weighted by Crippen LogP contribution is -2.15. The van der Waals surface area contributed by atoms with Gasteiger partial charge in [0.1, 0.15) is 5.65 Å². The van der Waals surface area contributed by atoms with Gasteiger partial charge in [-0.15, -0.1) is 0 Å². The second-order valence-electron chi connectivity index (χ2n) is 4.75. The van der Waals surface area contributed by atoms with Crippen molar-refractivity contribution < 1.29 is 0 Å². The van der Waals surface area contributed by atoms with Gasteiger partial charge in [0.2, 0.25) is 11.5 Å². The first-order valence-corrected chi connectivity index (χ1v) is 6.13. The van der Waals surface area contributed by atoms with Crippen molar-refractivity contribution >= 4 is 11.0 Å². The van der Waals surface area contributed by atoms with Gasteiger partial charge in [-0.3, -0.25) is 14.6 Å². The monoisotopic (exact) mass is 271 g/mol. The molecule has 0 bridgehead atoms. The van der Waals surface area contributed by atoms with Crippen molar-refractivity contribution in [1.29, 1.82) is 0 Å². The number of aromatic amines is 2. The van der Waals surface area contributed by atoms with Gasteiger partial charge in [0.15, 0.2) is 0 Å². The van der Waals surface area contributed by atoms with Crippen molar-refractivity contribution in [3.05, 3.63) is 49.8 Å². The van der Waals surface area contributed by atoms with Gasteiger partial charge in [-0.25, -0.2) is 4.98 Å². The topological polar surface area (TPSA) is 96.4 Å². The summed E-state index contributed by atoms with van der Waals surface area (Å²) in [5.41, 5.74) is 2.23. The molecular formula is C13H13N5O2. The van der Waals surface area contributed by atoms with E-state index in [1.165, 1.54) is 16.8 Å². The van der Waals surface area contributed by atoms with Crippen LogP contribution in [0, 0.1) is 20.8 Å². The molecule has 0 saturated heterocycles. The van der Waals surface area contributed by atoms with Gasteiger partial charge in [0.25, 0.3) is 5.56 Å². The normalized spacial score (nSPS) is 11.2. The Morgan fingerprint density at radius 3 is 2.45 bits per heavy atom. The van der Waals surface area contributed by atoms with Gasteiger partial charge >= 0.3 is 0 Å². The lowest BCUT2D eigenvalue weighted by Gasteiger charge is -2.03. The van der Waals surface area contributed by atoms with Crippen molar-refractivity contribution in [2.75, 3.05) is 0 Å². The summed E-state index contributed by atoms with van der Waals surface area (Å²) >= 11 is 0. The van der Waals surface area contributed by atoms with Crippen LogP contribution in [0.25, 0.3) is 17.0 Å². The molecule has 2 N–H and O–H groups in total. The van der Waals surface area contributed by atoms with Crippen LogP contribution in [0.15, 0.2) is 21.7 Å². The van der Waals surface area contributed by atoms with Gasteiger partial charge in [-0.05, 0) is 26.3 Å². The third-order valence-electron chi connectivity index (χ3n) is 3.10. The summed E-state index contributed by atoms with van der Waals surface area (Å²) in [6.45, 7) is 5.42. The van der Waals surface area contributed by atoms with Crippen LogP contribution in [-0.2, 0) is 0 Å². The van der Waals surface area contributed by atoms with E-state index in [1.54, 1.807) is 6.92 Å². The lowest BCUT2D eigenvalue weighted by atomic mass is 10.2. The lowest BCUT2D eigenvalue weighted by molar-refractivity contribution is 0.796. The fraction of sp³-hybridized carbons (Fsp3) is 0.231. The molecule has 7 heteroatoms. The van der Waals surface area contributed by atoms with E-state index in [0.29, 0.717) is 11.3 Å². The number of rotatable bonds is 1. The third-order valence-corrected chi connectivity index (χ3v) is 3.10. The highest BCUT2D eigenvalue weighted by Crippen LogP contribution is 2.19. The van der Waals surface area contributed by atoms with E-state index in [4.69, 9.17) is 0 Å². The summed E-state index contributed by atoms with van der Waals surface area (Å²) in [6.07, 6.45) is 0. The zero-order chi connectivity index (χ0) is 14.4. The highest BCUT2D eigenvalue weighted by molar-refractivity contribution is 5.82. The van der Waals surface area contributed by atoms with Crippen LogP contribution >= 0.6 is 0 Å². The van der Waals surface area contributed by atoms with E-state index < -0.39 is 0 Å². The average Bonchev–Trinajstić information content (AvgIpc) is 2.65. The standard InChI is InChI=1S/C13H13N5O2/c1-6-4-9(19)15-12-11(6)8(3)17-18(12)13-14-7(2)5-10(20)16-13/h4-5H,1-3H3,(H,15,19)(H,14,16,20). The molecule has 7 nitrogen and oxygen atoms in total. The quantitative estimate of drug-likeness (QED) is 0.681. The average molecular weight is 271 g/mol. The summed E-state index contributed by atoms with van der Waals surface area (Å²) < 4.78 is 1.45. The fourth-order valence-corrected chi connectivity index (χ4v) is 2.35. The maximum atomic E-state index is 11.6. The molecule has 3 aromatic heterocycles. The molecule has 3 rings (SSSR count). The molecular weight excluding hydrogens is 258 g/mol. The van der Waals surface area contributed by atoms with Crippen LogP contribution in [0.4, 0.5) is 0 Å². The maximum Gasteiger partial charge on any atom is 0.252 e. The van der Waals surface area contributed by atoms with Crippen molar-refractivity contribution in [3.63, 3.8) is 0 Å². The van der Waals surface area contributed by atoms with Gasteiger partial charge < -0.3 is 4.98 Å². The van der Waals surface area contributed by atoms with Crippen molar-refractivity contribution in [2.24, 2.45) is 0 Å². The van der Waals surface area contributed by atoms with E-state index >= 15 is 0 Å². The van der Waals surface area contributed by atoms with E-state index in [0.717, 1.165) is 16.6 Å². The fourth-order valence-electron chi connectivity index (χ4n) is 2.35. The molecule has 20 heavy (non-hydrogen) atoms. The first-order chi connectivity index (χ1) is 9.45. The Morgan fingerprint density at radius 2 is 1.75 bits per heavy atom. The molecule has 0 aromatic carbocycles. The van der Waals surface area contributed by atoms with Gasteiger partial charge in [-0.1, -0.05) is 0 Å². The van der Waals surface area contributed by atoms with Crippen LogP contribution in [0.1, 0.15) is 17.0 Å². The highest BCUT2D eigenvalue weighted by Gasteiger charge is 2.14.